The number of nitrogens with zero attached hydrogens (tertiary/aromatic N) is 3. The van der Waals surface area contributed by atoms with Gasteiger partial charge in [0.2, 0.25) is 0 Å². The van der Waals surface area contributed by atoms with Gasteiger partial charge in [-0.05, 0) is 44.7 Å². The average molecular weight is 245 g/mol. The highest BCUT2D eigenvalue weighted by molar-refractivity contribution is 5.19. The van der Waals surface area contributed by atoms with Crippen molar-refractivity contribution in [3.63, 3.8) is 0 Å². The molecule has 1 aliphatic heterocycles. The molecule has 1 atom stereocenters. The number of hydrogen-bond donors (Lipinski definition) is 0. The molecule has 2 aliphatic rings. The third-order valence-corrected chi connectivity index (χ3v) is 4.62. The minimum absolute atomic E-state index is 0.627. The van der Waals surface area contributed by atoms with Gasteiger partial charge in [0, 0.05) is 24.7 Å². The van der Waals surface area contributed by atoms with Crippen LogP contribution in [0.1, 0.15) is 55.7 Å². The molecule has 3 rings (SSSR count). The van der Waals surface area contributed by atoms with E-state index >= 15 is 0 Å². The molecular formula is C15H23N3. The fourth-order valence-electron chi connectivity index (χ4n) is 3.67. The van der Waals surface area contributed by atoms with Crippen LogP contribution in [-0.4, -0.2) is 34.0 Å². The normalized spacial score (nSPS) is 26.6. The van der Waals surface area contributed by atoms with Crippen LogP contribution in [0.2, 0.25) is 0 Å². The van der Waals surface area contributed by atoms with Gasteiger partial charge in [0.15, 0.2) is 0 Å². The van der Waals surface area contributed by atoms with E-state index in [1.165, 1.54) is 62.9 Å². The summed E-state index contributed by atoms with van der Waals surface area (Å²) < 4.78 is 0. The summed E-state index contributed by atoms with van der Waals surface area (Å²) in [5.74, 6) is 0.627. The number of hydrogen-bond acceptors (Lipinski definition) is 3. The summed E-state index contributed by atoms with van der Waals surface area (Å²) in [4.78, 5) is 11.4. The van der Waals surface area contributed by atoms with Crippen LogP contribution in [-0.2, 0) is 0 Å². The van der Waals surface area contributed by atoms with Crippen LogP contribution in [0.5, 0.6) is 0 Å². The van der Waals surface area contributed by atoms with E-state index in [1.54, 1.807) is 6.33 Å². The molecule has 1 aromatic heterocycles. The highest BCUT2D eigenvalue weighted by Crippen LogP contribution is 2.32. The summed E-state index contributed by atoms with van der Waals surface area (Å²) in [5, 5.41) is 0. The number of aryl methyl sites for hydroxylation is 1. The van der Waals surface area contributed by atoms with E-state index in [0.717, 1.165) is 6.04 Å². The molecule has 1 saturated carbocycles. The van der Waals surface area contributed by atoms with Crippen molar-refractivity contribution in [2.45, 2.75) is 57.4 Å². The average Bonchev–Trinajstić information content (AvgIpc) is 2.93. The fraction of sp³-hybridized carbons (Fsp3) is 0.733. The van der Waals surface area contributed by atoms with E-state index in [9.17, 15) is 0 Å². The maximum atomic E-state index is 4.53. The molecule has 0 spiro atoms. The van der Waals surface area contributed by atoms with Crippen LogP contribution in [0, 0.1) is 6.92 Å². The van der Waals surface area contributed by atoms with E-state index in [0.29, 0.717) is 5.92 Å². The maximum absolute atomic E-state index is 4.53. The molecule has 3 heteroatoms. The van der Waals surface area contributed by atoms with Crippen molar-refractivity contribution in [3.8, 4) is 0 Å². The van der Waals surface area contributed by atoms with Crippen LogP contribution in [0.3, 0.4) is 0 Å². The summed E-state index contributed by atoms with van der Waals surface area (Å²) in [6.07, 6.45) is 12.0. The Morgan fingerprint density at radius 1 is 1.17 bits per heavy atom. The van der Waals surface area contributed by atoms with Gasteiger partial charge in [-0.15, -0.1) is 0 Å². The van der Waals surface area contributed by atoms with Crippen molar-refractivity contribution in [1.82, 2.24) is 14.9 Å². The highest BCUT2D eigenvalue weighted by Gasteiger charge is 2.29. The SMILES string of the molecule is Cc1cncnc1[C@H]1CCCN(C2CCCC2)C1. The van der Waals surface area contributed by atoms with E-state index < -0.39 is 0 Å². The Bertz CT molecular complexity index is 398. The first kappa shape index (κ1) is 12.1. The van der Waals surface area contributed by atoms with Gasteiger partial charge in [0.25, 0.3) is 0 Å². The molecular weight excluding hydrogens is 222 g/mol. The zero-order valence-electron chi connectivity index (χ0n) is 11.3. The van der Waals surface area contributed by atoms with Gasteiger partial charge in [-0.25, -0.2) is 9.97 Å². The lowest BCUT2D eigenvalue weighted by molar-refractivity contribution is 0.148. The quantitative estimate of drug-likeness (QED) is 0.802. The Labute approximate surface area is 110 Å². The number of aromatic nitrogens is 2. The molecule has 98 valence electrons. The molecule has 1 aromatic rings. The third-order valence-electron chi connectivity index (χ3n) is 4.62. The second-order valence-electron chi connectivity index (χ2n) is 5.86. The highest BCUT2D eigenvalue weighted by atomic mass is 15.2. The minimum atomic E-state index is 0.627. The number of rotatable bonds is 2. The van der Waals surface area contributed by atoms with Crippen molar-refractivity contribution >= 4 is 0 Å². The molecule has 1 saturated heterocycles. The minimum Gasteiger partial charge on any atom is -0.300 e. The summed E-state index contributed by atoms with van der Waals surface area (Å²) in [6, 6.07) is 0.856. The van der Waals surface area contributed by atoms with Crippen molar-refractivity contribution in [1.29, 1.82) is 0 Å². The van der Waals surface area contributed by atoms with Crippen LogP contribution >= 0.6 is 0 Å². The molecule has 1 aliphatic carbocycles. The number of piperidine rings is 1. The summed E-state index contributed by atoms with van der Waals surface area (Å²) in [5.41, 5.74) is 2.54. The van der Waals surface area contributed by atoms with Gasteiger partial charge in [0.05, 0.1) is 5.69 Å². The lowest BCUT2D eigenvalue weighted by Gasteiger charge is -2.36. The Hall–Kier alpha value is -0.960. The third kappa shape index (κ3) is 2.41. The summed E-state index contributed by atoms with van der Waals surface area (Å²) in [6.45, 7) is 4.65. The zero-order valence-corrected chi connectivity index (χ0v) is 11.3. The number of likely N-dealkylation sites (tertiary alicyclic amines) is 1. The topological polar surface area (TPSA) is 29.0 Å². The second-order valence-corrected chi connectivity index (χ2v) is 5.86. The Morgan fingerprint density at radius 3 is 2.78 bits per heavy atom. The predicted molar refractivity (Wildman–Crippen MR) is 72.6 cm³/mol. The van der Waals surface area contributed by atoms with Crippen molar-refractivity contribution in [3.05, 3.63) is 23.8 Å². The maximum Gasteiger partial charge on any atom is 0.115 e. The fourth-order valence-corrected chi connectivity index (χ4v) is 3.67. The molecule has 0 N–H and O–H groups in total. The predicted octanol–water partition coefficient (Wildman–Crippen LogP) is 2.91. The smallest absolute Gasteiger partial charge is 0.115 e. The van der Waals surface area contributed by atoms with Crippen molar-refractivity contribution < 1.29 is 0 Å². The standard InChI is InChI=1S/C15H23N3/c1-12-9-16-11-17-15(12)13-5-4-8-18(10-13)14-6-2-3-7-14/h9,11,13-14H,2-8,10H2,1H3/t13-/m0/s1. The molecule has 0 aromatic carbocycles. The van der Waals surface area contributed by atoms with Gasteiger partial charge < -0.3 is 0 Å². The van der Waals surface area contributed by atoms with Gasteiger partial charge in [-0.2, -0.15) is 0 Å². The Balaban J connectivity index is 1.72. The van der Waals surface area contributed by atoms with Crippen LogP contribution in [0.15, 0.2) is 12.5 Å². The first-order chi connectivity index (χ1) is 8.84. The van der Waals surface area contributed by atoms with Crippen molar-refractivity contribution in [2.75, 3.05) is 13.1 Å². The van der Waals surface area contributed by atoms with Crippen molar-refractivity contribution in [2.24, 2.45) is 0 Å². The van der Waals surface area contributed by atoms with Gasteiger partial charge >= 0.3 is 0 Å². The van der Waals surface area contributed by atoms with Gasteiger partial charge in [0.1, 0.15) is 6.33 Å². The van der Waals surface area contributed by atoms with Crippen LogP contribution in [0.25, 0.3) is 0 Å². The van der Waals surface area contributed by atoms with E-state index in [4.69, 9.17) is 0 Å². The zero-order chi connectivity index (χ0) is 12.4. The molecule has 18 heavy (non-hydrogen) atoms. The first-order valence-corrected chi connectivity index (χ1v) is 7.35. The molecule has 0 radical (unpaired) electrons. The molecule has 3 nitrogen and oxygen atoms in total. The largest absolute Gasteiger partial charge is 0.300 e. The van der Waals surface area contributed by atoms with E-state index in [-0.39, 0.29) is 0 Å². The Kier molecular flexibility index (Phi) is 3.59. The van der Waals surface area contributed by atoms with E-state index in [1.807, 2.05) is 6.20 Å². The van der Waals surface area contributed by atoms with Crippen LogP contribution < -0.4 is 0 Å². The summed E-state index contributed by atoms with van der Waals surface area (Å²) >= 11 is 0. The van der Waals surface area contributed by atoms with Crippen LogP contribution in [0.4, 0.5) is 0 Å². The second kappa shape index (κ2) is 5.35. The first-order valence-electron chi connectivity index (χ1n) is 7.35. The lowest BCUT2D eigenvalue weighted by atomic mass is 9.91. The lowest BCUT2D eigenvalue weighted by Crippen LogP contribution is -2.41. The Morgan fingerprint density at radius 2 is 2.00 bits per heavy atom. The van der Waals surface area contributed by atoms with Gasteiger partial charge in [-0.3, -0.25) is 4.90 Å². The monoisotopic (exact) mass is 245 g/mol. The van der Waals surface area contributed by atoms with Gasteiger partial charge in [-0.1, -0.05) is 12.8 Å². The molecule has 0 bridgehead atoms. The molecule has 0 amide bonds. The molecule has 2 heterocycles. The molecule has 2 fully saturated rings. The van der Waals surface area contributed by atoms with E-state index in [2.05, 4.69) is 21.8 Å². The molecule has 0 unspecified atom stereocenters. The summed E-state index contributed by atoms with van der Waals surface area (Å²) in [7, 11) is 0.